The summed E-state index contributed by atoms with van der Waals surface area (Å²) in [7, 11) is 13.4. The molecule has 3 heterocycles. The summed E-state index contributed by atoms with van der Waals surface area (Å²) in [6.45, 7) is 6.94. The first-order valence-electron chi connectivity index (χ1n) is 21.9. The zero-order valence-electron chi connectivity index (χ0n) is 40.3. The summed E-state index contributed by atoms with van der Waals surface area (Å²) in [6, 6.07) is 36.3. The van der Waals surface area contributed by atoms with Gasteiger partial charge in [0.25, 0.3) is 0 Å². The molecule has 6 rings (SSSR count). The van der Waals surface area contributed by atoms with Crippen molar-refractivity contribution in [2.45, 2.75) is 43.3 Å². The number of aryl methyl sites for hydroxylation is 3. The number of likely N-dealkylation sites (N-methyl/N-ethyl adjacent to an activating group) is 3. The van der Waals surface area contributed by atoms with Crippen molar-refractivity contribution in [3.8, 4) is 0 Å². The Kier molecular flexibility index (Phi) is 26.6. The fraction of sp³-hybridized carbons (Fsp3) is 0.408. The number of ether oxygens (including phenoxy) is 5. The summed E-state index contributed by atoms with van der Waals surface area (Å²) in [5.41, 5.74) is 4.26. The number of carbonyl (C=O) groups excluding carboxylic acids is 2. The van der Waals surface area contributed by atoms with Crippen LogP contribution in [-0.2, 0) is 44.8 Å². The van der Waals surface area contributed by atoms with Crippen LogP contribution in [-0.4, -0.2) is 129 Å². The van der Waals surface area contributed by atoms with E-state index in [0.717, 1.165) is 46.9 Å². The molecule has 0 bridgehead atoms. The van der Waals surface area contributed by atoms with Crippen molar-refractivity contribution in [2.24, 2.45) is 21.1 Å². The number of benzene rings is 3. The molecule has 0 saturated heterocycles. The summed E-state index contributed by atoms with van der Waals surface area (Å²) in [5.74, 6) is 0. The van der Waals surface area contributed by atoms with Gasteiger partial charge < -0.3 is 38.8 Å². The number of halogens is 3. The highest BCUT2D eigenvalue weighted by atomic mass is 35.5. The van der Waals surface area contributed by atoms with Gasteiger partial charge in [0.05, 0.1) is 36.9 Å². The molecule has 0 aliphatic rings. The van der Waals surface area contributed by atoms with Crippen molar-refractivity contribution < 1.29 is 33.3 Å². The Balaban J connectivity index is 0.000000255. The van der Waals surface area contributed by atoms with E-state index in [4.69, 9.17) is 53.8 Å². The monoisotopic (exact) mass is 997 g/mol. The fourth-order valence-electron chi connectivity index (χ4n) is 6.25. The van der Waals surface area contributed by atoms with Gasteiger partial charge >= 0.3 is 11.5 Å². The van der Waals surface area contributed by atoms with Gasteiger partial charge in [-0.25, -0.2) is 9.59 Å². The fourth-order valence-corrected chi connectivity index (χ4v) is 6.59. The first-order valence-corrected chi connectivity index (χ1v) is 23.2. The summed E-state index contributed by atoms with van der Waals surface area (Å²) < 4.78 is 32.6. The molecule has 370 valence electrons. The molecule has 0 aliphatic heterocycles. The van der Waals surface area contributed by atoms with Gasteiger partial charge in [0.15, 0.2) is 11.1 Å². The first kappa shape index (κ1) is 57.0. The van der Waals surface area contributed by atoms with E-state index in [9.17, 15) is 9.59 Å². The molecule has 0 radical (unpaired) electrons. The lowest BCUT2D eigenvalue weighted by Crippen LogP contribution is -2.32. The van der Waals surface area contributed by atoms with Gasteiger partial charge in [-0.2, -0.15) is 15.3 Å². The minimum absolute atomic E-state index is 0.0614. The lowest BCUT2D eigenvalue weighted by atomic mass is 10.1. The molecule has 0 aliphatic carbocycles. The Bertz CT molecular complexity index is 2260. The van der Waals surface area contributed by atoms with Crippen LogP contribution in [0.4, 0.5) is 9.59 Å². The van der Waals surface area contributed by atoms with Crippen LogP contribution in [0.25, 0.3) is 0 Å². The van der Waals surface area contributed by atoms with Crippen molar-refractivity contribution in [1.29, 1.82) is 0 Å². The van der Waals surface area contributed by atoms with Gasteiger partial charge in [-0.1, -0.05) is 114 Å². The van der Waals surface area contributed by atoms with E-state index < -0.39 is 22.6 Å². The van der Waals surface area contributed by atoms with Crippen LogP contribution in [0.3, 0.4) is 0 Å². The molecular weight excluding hydrogens is 933 g/mol. The average Bonchev–Trinajstić information content (AvgIpc) is 4.07. The van der Waals surface area contributed by atoms with Gasteiger partial charge in [-0.15, -0.1) is 0 Å². The lowest BCUT2D eigenvalue weighted by Gasteiger charge is -2.22. The van der Waals surface area contributed by atoms with Crippen molar-refractivity contribution >= 4 is 46.3 Å². The first-order chi connectivity index (χ1) is 32.6. The van der Waals surface area contributed by atoms with Crippen LogP contribution in [0.1, 0.15) is 65.9 Å². The Morgan fingerprint density at radius 2 is 0.926 bits per heavy atom. The maximum absolute atomic E-state index is 11.7. The maximum Gasteiger partial charge on any atom is 0.411 e. The van der Waals surface area contributed by atoms with Crippen molar-refractivity contribution in [3.63, 3.8) is 0 Å². The van der Waals surface area contributed by atoms with E-state index in [0.29, 0.717) is 26.4 Å². The van der Waals surface area contributed by atoms with E-state index in [1.165, 1.54) is 11.8 Å². The Morgan fingerprint density at radius 1 is 0.574 bits per heavy atom. The normalized spacial score (nSPS) is 13.0. The van der Waals surface area contributed by atoms with E-state index >= 15 is 0 Å². The van der Waals surface area contributed by atoms with Crippen molar-refractivity contribution in [3.05, 3.63) is 162 Å². The number of hydrogen-bond acceptors (Lipinski definition) is 12. The molecule has 2 unspecified atom stereocenters. The number of amides is 1. The van der Waals surface area contributed by atoms with E-state index in [1.54, 1.807) is 37.2 Å². The van der Waals surface area contributed by atoms with E-state index in [1.807, 2.05) is 137 Å². The van der Waals surface area contributed by atoms with Crippen LogP contribution in [0.2, 0.25) is 0 Å². The van der Waals surface area contributed by atoms with Gasteiger partial charge in [-0.05, 0) is 69.9 Å². The largest absolute Gasteiger partial charge is 0.434 e. The zero-order valence-corrected chi connectivity index (χ0v) is 42.6. The highest BCUT2D eigenvalue weighted by Gasteiger charge is 2.21. The summed E-state index contributed by atoms with van der Waals surface area (Å²) >= 11 is 15.5. The average molecular weight is 999 g/mol. The Morgan fingerprint density at radius 3 is 1.21 bits per heavy atom. The van der Waals surface area contributed by atoms with Gasteiger partial charge in [0, 0.05) is 78.0 Å². The van der Waals surface area contributed by atoms with Crippen molar-refractivity contribution in [1.82, 2.24) is 44.5 Å². The van der Waals surface area contributed by atoms with E-state index in [-0.39, 0.29) is 18.3 Å². The molecule has 0 fully saturated rings. The third kappa shape index (κ3) is 20.9. The summed E-state index contributed by atoms with van der Waals surface area (Å²) in [6.07, 6.45) is 4.49. The van der Waals surface area contributed by atoms with Gasteiger partial charge in [-0.3, -0.25) is 14.0 Å². The number of nitrogens with zero attached hydrogens (tertiary/aromatic N) is 8. The molecule has 3 aromatic carbocycles. The number of nitrogens with one attached hydrogen (secondary N) is 1. The predicted molar refractivity (Wildman–Crippen MR) is 267 cm³/mol. The number of alkyl halides is 2. The van der Waals surface area contributed by atoms with Crippen LogP contribution in [0, 0.1) is 0 Å². The molecule has 3 aromatic heterocycles. The molecule has 68 heavy (non-hydrogen) atoms. The lowest BCUT2D eigenvalue weighted by molar-refractivity contribution is 0.0510. The molecule has 1 N–H and O–H groups in total. The molecule has 6 aromatic rings. The smallest absolute Gasteiger partial charge is 0.411 e. The molecule has 0 spiro atoms. The molecule has 1 amide bonds. The van der Waals surface area contributed by atoms with Crippen molar-refractivity contribution in [2.75, 3.05) is 67.6 Å². The molecule has 0 saturated carbocycles. The third-order valence-corrected chi connectivity index (χ3v) is 9.96. The number of aromatic nitrogens is 6. The third-order valence-electron chi connectivity index (χ3n) is 9.69. The summed E-state index contributed by atoms with van der Waals surface area (Å²) in [5, 5.41) is 15.7. The highest BCUT2D eigenvalue weighted by Crippen LogP contribution is 2.27. The quantitative estimate of drug-likeness (QED) is 0.0442. The SMILES string of the molecule is CC(Cl)OC(=O)Cl.CC(Cl)OC(=O)N(C)CCO[C@H](c1ccccc1)c1ccnn1C.CN(C)CCO[C@H](c1ccccc1)c1ccnn1C.CNCCO[C@H](c1ccccc1)c1ccnn1C. The van der Waals surface area contributed by atoms with Gasteiger partial charge in [0.2, 0.25) is 0 Å². The maximum atomic E-state index is 11.7. The molecular formula is C49H66Cl3N9O7. The standard InChI is InChI=1S/C17H22ClN3O3.C15H21N3O.C14H19N3O.C3H4Cl2O2/c1-13(18)24-17(22)20(2)11-12-23-16(14-7-5-4-6-8-14)15-9-10-19-21(15)3;1-17(2)11-12-19-15(13-7-5-4-6-8-13)14-9-10-16-18(14)3;1-15-10-11-18-14(12-6-4-3-5-7-12)13-8-9-16-17(13)2;1-2(4)7-3(5)6/h4-10,13,16H,11-12H2,1-3H3;4-10,15H,11-12H2,1-3H3;3-9,14-15H,10-11H2,1-2H3;2H,1H3/t13?,16-;15-;14-;/m111./s1. The second-order valence-corrected chi connectivity index (χ2v) is 16.8. The molecule has 5 atom stereocenters. The zero-order chi connectivity index (χ0) is 49.8. The predicted octanol–water partition coefficient (Wildman–Crippen LogP) is 8.96. The minimum atomic E-state index is -0.873. The highest BCUT2D eigenvalue weighted by molar-refractivity contribution is 6.61. The van der Waals surface area contributed by atoms with Gasteiger partial charge in [0.1, 0.15) is 18.3 Å². The number of rotatable bonds is 20. The minimum Gasteiger partial charge on any atom is -0.434 e. The molecule has 16 nitrogen and oxygen atoms in total. The Hall–Kier alpha value is -5.30. The van der Waals surface area contributed by atoms with E-state index in [2.05, 4.69) is 54.5 Å². The Labute approximate surface area is 415 Å². The molecule has 19 heteroatoms. The van der Waals surface area contributed by atoms with Crippen LogP contribution < -0.4 is 5.32 Å². The summed E-state index contributed by atoms with van der Waals surface area (Å²) in [4.78, 5) is 25.0. The topological polar surface area (TPSA) is 152 Å². The number of carbonyl (C=O) groups is 2. The number of hydrogen-bond donors (Lipinski definition) is 1. The van der Waals surface area contributed by atoms with Crippen LogP contribution in [0.15, 0.2) is 128 Å². The van der Waals surface area contributed by atoms with Crippen LogP contribution in [0.5, 0.6) is 0 Å². The second kappa shape index (κ2) is 31.7. The second-order valence-electron chi connectivity index (χ2n) is 15.3. The van der Waals surface area contributed by atoms with Crippen LogP contribution >= 0.6 is 34.8 Å².